The number of benzene rings is 1. The van der Waals surface area contributed by atoms with E-state index in [-0.39, 0.29) is 0 Å². The van der Waals surface area contributed by atoms with E-state index in [1.165, 1.54) is 0 Å². The SMILES string of the molecule is NC1=CC=CC=C(c2ccccc2)N1. The Morgan fingerprint density at radius 3 is 2.43 bits per heavy atom. The number of nitrogens with one attached hydrogen (secondary N) is 1. The Hall–Kier alpha value is -1.96. The van der Waals surface area contributed by atoms with Crippen molar-refractivity contribution in [3.63, 3.8) is 0 Å². The Bertz CT molecular complexity index is 400. The maximum atomic E-state index is 5.72. The minimum absolute atomic E-state index is 0.661. The fraction of sp³-hybridized carbons (Fsp3) is 0. The normalized spacial score (nSPS) is 15.1. The Morgan fingerprint density at radius 2 is 1.64 bits per heavy atom. The van der Waals surface area contributed by atoms with Gasteiger partial charge in [-0.2, -0.15) is 0 Å². The van der Waals surface area contributed by atoms with Crippen LogP contribution in [0.25, 0.3) is 5.70 Å². The first kappa shape index (κ1) is 8.63. The molecule has 2 rings (SSSR count). The molecule has 0 fully saturated rings. The highest BCUT2D eigenvalue weighted by molar-refractivity contribution is 5.67. The van der Waals surface area contributed by atoms with E-state index in [2.05, 4.69) is 5.32 Å². The van der Waals surface area contributed by atoms with E-state index in [0.717, 1.165) is 11.3 Å². The van der Waals surface area contributed by atoms with Crippen LogP contribution in [0.5, 0.6) is 0 Å². The fourth-order valence-corrected chi connectivity index (χ4v) is 1.34. The summed E-state index contributed by atoms with van der Waals surface area (Å²) >= 11 is 0. The molecule has 1 aromatic rings. The molecule has 0 unspecified atom stereocenters. The van der Waals surface area contributed by atoms with Crippen LogP contribution in [0.2, 0.25) is 0 Å². The molecule has 1 heterocycles. The van der Waals surface area contributed by atoms with Gasteiger partial charge < -0.3 is 11.1 Å². The summed E-state index contributed by atoms with van der Waals surface area (Å²) in [6.45, 7) is 0. The molecule has 0 atom stereocenters. The molecule has 1 aliphatic rings. The number of rotatable bonds is 1. The minimum Gasteiger partial charge on any atom is -0.385 e. The first-order valence-corrected chi connectivity index (χ1v) is 4.53. The Kier molecular flexibility index (Phi) is 2.36. The van der Waals surface area contributed by atoms with Crippen molar-refractivity contribution < 1.29 is 0 Å². The quantitative estimate of drug-likeness (QED) is 0.700. The Balaban J connectivity index is 2.32. The molecule has 1 aromatic carbocycles. The molecule has 0 aliphatic carbocycles. The number of nitrogens with two attached hydrogens (primary N) is 1. The molecular weight excluding hydrogens is 172 g/mol. The van der Waals surface area contributed by atoms with Crippen LogP contribution in [0.3, 0.4) is 0 Å². The van der Waals surface area contributed by atoms with Crippen LogP contribution in [0.15, 0.2) is 60.5 Å². The number of hydrogen-bond acceptors (Lipinski definition) is 2. The van der Waals surface area contributed by atoms with E-state index < -0.39 is 0 Å². The van der Waals surface area contributed by atoms with Gasteiger partial charge in [-0.15, -0.1) is 0 Å². The van der Waals surface area contributed by atoms with Gasteiger partial charge in [0, 0.05) is 5.70 Å². The van der Waals surface area contributed by atoms with Gasteiger partial charge in [0.1, 0.15) is 5.82 Å². The van der Waals surface area contributed by atoms with E-state index >= 15 is 0 Å². The molecule has 2 nitrogen and oxygen atoms in total. The second kappa shape index (κ2) is 3.83. The topological polar surface area (TPSA) is 38.0 Å². The lowest BCUT2D eigenvalue weighted by atomic mass is 10.1. The van der Waals surface area contributed by atoms with Gasteiger partial charge in [-0.25, -0.2) is 0 Å². The summed E-state index contributed by atoms with van der Waals surface area (Å²) in [6, 6.07) is 10.1. The molecule has 14 heavy (non-hydrogen) atoms. The highest BCUT2D eigenvalue weighted by Crippen LogP contribution is 2.13. The monoisotopic (exact) mass is 184 g/mol. The average Bonchev–Trinajstić information content (AvgIpc) is 2.44. The van der Waals surface area contributed by atoms with Crippen molar-refractivity contribution in [1.82, 2.24) is 5.32 Å². The zero-order valence-electron chi connectivity index (χ0n) is 7.77. The van der Waals surface area contributed by atoms with Crippen molar-refractivity contribution in [2.24, 2.45) is 5.73 Å². The molecule has 2 heteroatoms. The van der Waals surface area contributed by atoms with Crippen molar-refractivity contribution in [3.8, 4) is 0 Å². The summed E-state index contributed by atoms with van der Waals surface area (Å²) < 4.78 is 0. The summed E-state index contributed by atoms with van der Waals surface area (Å²) in [5.41, 5.74) is 7.88. The standard InChI is InChI=1S/C12H12N2/c13-12-9-5-4-8-11(14-12)10-6-2-1-3-7-10/h1-9,14H,13H2. The number of allylic oxidation sites excluding steroid dienone is 4. The molecule has 0 amide bonds. The third-order valence-corrected chi connectivity index (χ3v) is 2.01. The first-order valence-electron chi connectivity index (χ1n) is 4.53. The third kappa shape index (κ3) is 1.85. The van der Waals surface area contributed by atoms with Crippen LogP contribution < -0.4 is 11.1 Å². The largest absolute Gasteiger partial charge is 0.385 e. The van der Waals surface area contributed by atoms with E-state index in [4.69, 9.17) is 5.73 Å². The molecule has 1 aliphatic heterocycles. The number of hydrogen-bond donors (Lipinski definition) is 2. The van der Waals surface area contributed by atoms with Crippen molar-refractivity contribution in [3.05, 3.63) is 66.0 Å². The Labute approximate surface area is 83.4 Å². The van der Waals surface area contributed by atoms with Crippen molar-refractivity contribution in [2.75, 3.05) is 0 Å². The summed E-state index contributed by atoms with van der Waals surface area (Å²) in [7, 11) is 0. The van der Waals surface area contributed by atoms with E-state index in [0.29, 0.717) is 5.82 Å². The van der Waals surface area contributed by atoms with Crippen LogP contribution in [-0.4, -0.2) is 0 Å². The Morgan fingerprint density at radius 1 is 0.929 bits per heavy atom. The van der Waals surface area contributed by atoms with Crippen LogP contribution in [0.4, 0.5) is 0 Å². The van der Waals surface area contributed by atoms with Gasteiger partial charge in [-0.1, -0.05) is 42.5 Å². The fourth-order valence-electron chi connectivity index (χ4n) is 1.34. The van der Waals surface area contributed by atoms with Crippen LogP contribution in [0.1, 0.15) is 5.56 Å². The first-order chi connectivity index (χ1) is 6.86. The average molecular weight is 184 g/mol. The molecule has 0 radical (unpaired) electrons. The van der Waals surface area contributed by atoms with E-state index in [9.17, 15) is 0 Å². The van der Waals surface area contributed by atoms with Crippen molar-refractivity contribution in [2.45, 2.75) is 0 Å². The third-order valence-electron chi connectivity index (χ3n) is 2.01. The molecule has 0 saturated carbocycles. The molecule has 3 N–H and O–H groups in total. The zero-order chi connectivity index (χ0) is 9.80. The predicted molar refractivity (Wildman–Crippen MR) is 59.0 cm³/mol. The van der Waals surface area contributed by atoms with Gasteiger partial charge in [0.15, 0.2) is 0 Å². The second-order valence-electron chi connectivity index (χ2n) is 3.08. The summed E-state index contributed by atoms with van der Waals surface area (Å²) in [5.74, 6) is 0.661. The summed E-state index contributed by atoms with van der Waals surface area (Å²) in [4.78, 5) is 0. The van der Waals surface area contributed by atoms with Gasteiger partial charge in [-0.05, 0) is 17.7 Å². The predicted octanol–water partition coefficient (Wildman–Crippen LogP) is 1.99. The minimum atomic E-state index is 0.661. The van der Waals surface area contributed by atoms with Gasteiger partial charge >= 0.3 is 0 Å². The molecule has 0 bridgehead atoms. The highest BCUT2D eigenvalue weighted by Gasteiger charge is 2.01. The van der Waals surface area contributed by atoms with E-state index in [1.807, 2.05) is 54.6 Å². The molecule has 70 valence electrons. The highest BCUT2D eigenvalue weighted by atomic mass is 15.0. The smallest absolute Gasteiger partial charge is 0.100 e. The van der Waals surface area contributed by atoms with Crippen molar-refractivity contribution in [1.29, 1.82) is 0 Å². The summed E-state index contributed by atoms with van der Waals surface area (Å²) in [6.07, 6.45) is 7.73. The van der Waals surface area contributed by atoms with E-state index in [1.54, 1.807) is 0 Å². The van der Waals surface area contributed by atoms with Crippen LogP contribution >= 0.6 is 0 Å². The maximum Gasteiger partial charge on any atom is 0.100 e. The van der Waals surface area contributed by atoms with Crippen LogP contribution in [-0.2, 0) is 0 Å². The molecular formula is C12H12N2. The second-order valence-corrected chi connectivity index (χ2v) is 3.08. The lowest BCUT2D eigenvalue weighted by Gasteiger charge is -2.09. The van der Waals surface area contributed by atoms with Gasteiger partial charge in [0.2, 0.25) is 0 Å². The molecule has 0 spiro atoms. The lowest BCUT2D eigenvalue weighted by molar-refractivity contribution is 1.05. The summed E-state index contributed by atoms with van der Waals surface area (Å²) in [5, 5.41) is 3.13. The van der Waals surface area contributed by atoms with Gasteiger partial charge in [-0.3, -0.25) is 0 Å². The molecule has 0 saturated heterocycles. The zero-order valence-corrected chi connectivity index (χ0v) is 7.77. The molecule has 0 aromatic heterocycles. The van der Waals surface area contributed by atoms with Gasteiger partial charge in [0.05, 0.1) is 0 Å². The van der Waals surface area contributed by atoms with Gasteiger partial charge in [0.25, 0.3) is 0 Å². The maximum absolute atomic E-state index is 5.72. The lowest BCUT2D eigenvalue weighted by Crippen LogP contribution is -2.17. The van der Waals surface area contributed by atoms with Crippen LogP contribution in [0, 0.1) is 0 Å². The van der Waals surface area contributed by atoms with Crippen molar-refractivity contribution >= 4 is 5.70 Å².